The molecule has 0 radical (unpaired) electrons. The Hall–Kier alpha value is -5.01. The number of benzene rings is 3. The third-order valence-corrected chi connectivity index (χ3v) is 7.95. The first-order valence-corrected chi connectivity index (χ1v) is 13.1. The summed E-state index contributed by atoms with van der Waals surface area (Å²) in [6, 6.07) is 27.0. The van der Waals surface area contributed by atoms with Gasteiger partial charge in [0.25, 0.3) is 0 Å². The summed E-state index contributed by atoms with van der Waals surface area (Å²) in [5.41, 5.74) is 4.92. The highest BCUT2D eigenvalue weighted by atomic mass is 32.1. The van der Waals surface area contributed by atoms with E-state index in [0.29, 0.717) is 11.6 Å². The highest BCUT2D eigenvalue weighted by Gasteiger charge is 2.19. The first kappa shape index (κ1) is 21.1. The van der Waals surface area contributed by atoms with Gasteiger partial charge in [0.15, 0.2) is 11.6 Å². The van der Waals surface area contributed by atoms with Crippen molar-refractivity contribution in [3.8, 4) is 28.5 Å². The first-order valence-electron chi connectivity index (χ1n) is 12.2. The van der Waals surface area contributed by atoms with Crippen molar-refractivity contribution in [2.75, 3.05) is 0 Å². The van der Waals surface area contributed by atoms with Crippen molar-refractivity contribution in [1.29, 1.82) is 0 Å². The number of pyridine rings is 1. The molecule has 0 aliphatic rings. The smallest absolute Gasteiger partial charge is 0.159 e. The number of thiophene rings is 1. The molecule has 0 fully saturated rings. The second-order valence-corrected chi connectivity index (χ2v) is 10.1. The van der Waals surface area contributed by atoms with E-state index in [0.717, 1.165) is 32.7 Å². The van der Waals surface area contributed by atoms with E-state index in [1.165, 1.54) is 26.2 Å². The fourth-order valence-electron chi connectivity index (χ4n) is 5.30. The summed E-state index contributed by atoms with van der Waals surface area (Å²) >= 11 is 1.74. The molecule has 5 heterocycles. The average Bonchev–Trinajstić information content (AvgIpc) is 3.53. The molecule has 38 heavy (non-hydrogen) atoms. The standard InChI is InChI=1S/C31H18N6S/c1-3-9-24-22(7-1)27-25(18-36-31-28(27)23-8-2-4-10-26(23)38-31)37(24)21-16-19(29-32-11-5-12-33-29)15-20(17-21)30-34-13-6-14-35-30/h1-18H. The Kier molecular flexibility index (Phi) is 4.59. The highest BCUT2D eigenvalue weighted by molar-refractivity contribution is 7.25. The molecule has 0 bridgehead atoms. The van der Waals surface area contributed by atoms with Gasteiger partial charge in [0.1, 0.15) is 4.83 Å². The van der Waals surface area contributed by atoms with Gasteiger partial charge in [-0.3, -0.25) is 0 Å². The maximum absolute atomic E-state index is 4.94. The molecule has 0 saturated heterocycles. The van der Waals surface area contributed by atoms with E-state index in [1.807, 2.05) is 24.4 Å². The van der Waals surface area contributed by atoms with Crippen LogP contribution < -0.4 is 0 Å². The summed E-state index contributed by atoms with van der Waals surface area (Å²) in [7, 11) is 0. The third-order valence-electron chi connectivity index (χ3n) is 6.87. The molecule has 5 aromatic heterocycles. The van der Waals surface area contributed by atoms with E-state index in [2.05, 4.69) is 85.2 Å². The van der Waals surface area contributed by atoms with E-state index in [-0.39, 0.29) is 0 Å². The van der Waals surface area contributed by atoms with Crippen LogP contribution in [0.25, 0.3) is 70.6 Å². The van der Waals surface area contributed by atoms with Crippen LogP contribution in [0.2, 0.25) is 0 Å². The maximum atomic E-state index is 4.94. The lowest BCUT2D eigenvalue weighted by Crippen LogP contribution is -1.98. The molecule has 178 valence electrons. The molecule has 8 aromatic rings. The van der Waals surface area contributed by atoms with Crippen molar-refractivity contribution in [2.45, 2.75) is 0 Å². The van der Waals surface area contributed by atoms with Crippen molar-refractivity contribution in [3.05, 3.63) is 110 Å². The van der Waals surface area contributed by atoms with Crippen molar-refractivity contribution >= 4 is 53.4 Å². The second kappa shape index (κ2) is 8.26. The summed E-state index contributed by atoms with van der Waals surface area (Å²) in [6.07, 6.45) is 9.04. The normalized spacial score (nSPS) is 11.7. The molecule has 0 amide bonds. The monoisotopic (exact) mass is 506 g/mol. The number of nitrogens with zero attached hydrogens (tertiary/aromatic N) is 6. The molecule has 0 unspecified atom stereocenters. The predicted octanol–water partition coefficient (Wildman–Crippen LogP) is 7.46. The summed E-state index contributed by atoms with van der Waals surface area (Å²) in [5.74, 6) is 1.30. The maximum Gasteiger partial charge on any atom is 0.159 e. The van der Waals surface area contributed by atoms with Crippen LogP contribution in [0.1, 0.15) is 0 Å². The van der Waals surface area contributed by atoms with Gasteiger partial charge in [-0.1, -0.05) is 36.4 Å². The predicted molar refractivity (Wildman–Crippen MR) is 154 cm³/mol. The molecule has 8 rings (SSSR count). The van der Waals surface area contributed by atoms with Crippen LogP contribution in [0.5, 0.6) is 0 Å². The molecule has 7 heteroatoms. The number of hydrogen-bond donors (Lipinski definition) is 0. The SMILES string of the molecule is c1cnc(-c2cc(-c3ncccn3)cc(-n3c4ccccc4c4c5c(ncc43)sc3ccccc35)c2)nc1. The van der Waals surface area contributed by atoms with Crippen molar-refractivity contribution in [2.24, 2.45) is 0 Å². The minimum Gasteiger partial charge on any atom is -0.308 e. The Balaban J connectivity index is 1.51. The van der Waals surface area contributed by atoms with E-state index in [9.17, 15) is 0 Å². The lowest BCUT2D eigenvalue weighted by Gasteiger charge is -2.12. The van der Waals surface area contributed by atoms with Gasteiger partial charge >= 0.3 is 0 Å². The van der Waals surface area contributed by atoms with Crippen LogP contribution in [-0.2, 0) is 0 Å². The van der Waals surface area contributed by atoms with Crippen LogP contribution in [0.4, 0.5) is 0 Å². The van der Waals surface area contributed by atoms with E-state index < -0.39 is 0 Å². The second-order valence-electron chi connectivity index (χ2n) is 9.06. The Morgan fingerprint density at radius 2 is 1.18 bits per heavy atom. The van der Waals surface area contributed by atoms with E-state index in [1.54, 1.807) is 36.1 Å². The van der Waals surface area contributed by atoms with Crippen LogP contribution in [-0.4, -0.2) is 29.5 Å². The van der Waals surface area contributed by atoms with Gasteiger partial charge in [-0.15, -0.1) is 11.3 Å². The molecule has 3 aromatic carbocycles. The molecule has 0 N–H and O–H groups in total. The van der Waals surface area contributed by atoms with Crippen molar-refractivity contribution in [3.63, 3.8) is 0 Å². The summed E-state index contributed by atoms with van der Waals surface area (Å²) in [4.78, 5) is 24.1. The number of para-hydroxylation sites is 1. The average molecular weight is 507 g/mol. The minimum atomic E-state index is 0.650. The number of aromatic nitrogens is 6. The molecule has 0 aliphatic carbocycles. The van der Waals surface area contributed by atoms with Gasteiger partial charge in [0.2, 0.25) is 0 Å². The topological polar surface area (TPSA) is 69.4 Å². The fraction of sp³-hybridized carbons (Fsp3) is 0. The zero-order valence-electron chi connectivity index (χ0n) is 20.0. The van der Waals surface area contributed by atoms with Gasteiger partial charge in [0, 0.05) is 67.8 Å². The number of hydrogen-bond acceptors (Lipinski definition) is 6. The van der Waals surface area contributed by atoms with Crippen LogP contribution in [0, 0.1) is 0 Å². The van der Waals surface area contributed by atoms with Crippen LogP contribution >= 0.6 is 11.3 Å². The largest absolute Gasteiger partial charge is 0.308 e. The third kappa shape index (κ3) is 3.16. The van der Waals surface area contributed by atoms with Crippen LogP contribution in [0.3, 0.4) is 0 Å². The Morgan fingerprint density at radius 1 is 0.553 bits per heavy atom. The van der Waals surface area contributed by atoms with E-state index in [4.69, 9.17) is 4.98 Å². The molecular weight excluding hydrogens is 488 g/mol. The van der Waals surface area contributed by atoms with Gasteiger partial charge in [-0.05, 0) is 42.5 Å². The number of fused-ring (bicyclic) bond motifs is 7. The molecule has 0 spiro atoms. The fourth-order valence-corrected chi connectivity index (χ4v) is 6.36. The molecular formula is C31H18N6S. The zero-order chi connectivity index (χ0) is 25.1. The summed E-state index contributed by atoms with van der Waals surface area (Å²) < 4.78 is 3.52. The number of rotatable bonds is 3. The lowest BCUT2D eigenvalue weighted by atomic mass is 10.1. The Morgan fingerprint density at radius 3 is 1.89 bits per heavy atom. The lowest BCUT2D eigenvalue weighted by molar-refractivity contribution is 1.14. The highest BCUT2D eigenvalue weighted by Crippen LogP contribution is 2.42. The van der Waals surface area contributed by atoms with Gasteiger partial charge < -0.3 is 4.57 Å². The summed E-state index contributed by atoms with van der Waals surface area (Å²) in [6.45, 7) is 0. The van der Waals surface area contributed by atoms with Gasteiger partial charge in [-0.25, -0.2) is 24.9 Å². The van der Waals surface area contributed by atoms with Gasteiger partial charge in [-0.2, -0.15) is 0 Å². The first-order chi connectivity index (χ1) is 18.8. The quantitative estimate of drug-likeness (QED) is 0.249. The molecule has 6 nitrogen and oxygen atoms in total. The van der Waals surface area contributed by atoms with Crippen molar-refractivity contribution < 1.29 is 0 Å². The zero-order valence-corrected chi connectivity index (χ0v) is 20.8. The Labute approximate surface area is 220 Å². The van der Waals surface area contributed by atoms with Gasteiger partial charge in [0.05, 0.1) is 17.2 Å². The van der Waals surface area contributed by atoms with Crippen LogP contribution in [0.15, 0.2) is 110 Å². The molecule has 0 saturated carbocycles. The van der Waals surface area contributed by atoms with E-state index >= 15 is 0 Å². The minimum absolute atomic E-state index is 0.650. The molecule has 0 aliphatic heterocycles. The summed E-state index contributed by atoms with van der Waals surface area (Å²) in [5, 5.41) is 4.84. The Bertz CT molecular complexity index is 2070. The van der Waals surface area contributed by atoms with Crippen molar-refractivity contribution in [1.82, 2.24) is 29.5 Å². The molecule has 0 atom stereocenters.